The monoisotopic (exact) mass is 484 g/mol. The Hall–Kier alpha value is -4.52. The minimum atomic E-state index is -0.560. The van der Waals surface area contributed by atoms with Crippen molar-refractivity contribution in [3.8, 4) is 22.6 Å². The second-order valence-electron chi connectivity index (χ2n) is 8.33. The Balaban J connectivity index is 1.76. The third-order valence-electron chi connectivity index (χ3n) is 5.90. The average molecular weight is 485 g/mol. The van der Waals surface area contributed by atoms with E-state index in [9.17, 15) is 9.59 Å². The van der Waals surface area contributed by atoms with E-state index < -0.39 is 5.91 Å². The van der Waals surface area contributed by atoms with E-state index >= 15 is 0 Å². The maximum atomic E-state index is 12.8. The Morgan fingerprint density at radius 2 is 1.89 bits per heavy atom. The second-order valence-corrected chi connectivity index (χ2v) is 8.33. The van der Waals surface area contributed by atoms with Crippen molar-refractivity contribution in [2.45, 2.75) is 20.8 Å². The van der Waals surface area contributed by atoms with Crippen molar-refractivity contribution in [1.29, 1.82) is 0 Å². The number of allylic oxidation sites excluding steroid dienone is 1. The topological polar surface area (TPSA) is 104 Å². The molecule has 1 heterocycles. The van der Waals surface area contributed by atoms with Crippen molar-refractivity contribution in [1.82, 2.24) is 0 Å². The summed E-state index contributed by atoms with van der Waals surface area (Å²) in [4.78, 5) is 24.3. The van der Waals surface area contributed by atoms with E-state index in [-0.39, 0.29) is 5.91 Å². The van der Waals surface area contributed by atoms with Crippen LogP contribution in [0.15, 0.2) is 71.4 Å². The first-order valence-electron chi connectivity index (χ1n) is 11.5. The average Bonchev–Trinajstić information content (AvgIpc) is 3.30. The minimum absolute atomic E-state index is 0.318. The van der Waals surface area contributed by atoms with Crippen molar-refractivity contribution in [2.75, 3.05) is 19.0 Å². The molecule has 0 fully saturated rings. The van der Waals surface area contributed by atoms with Gasteiger partial charge in [0.1, 0.15) is 17.1 Å². The van der Waals surface area contributed by atoms with E-state index in [4.69, 9.17) is 19.6 Å². The highest BCUT2D eigenvalue weighted by molar-refractivity contribution is 6.06. The predicted octanol–water partition coefficient (Wildman–Crippen LogP) is 5.96. The molecule has 184 valence electrons. The first kappa shape index (κ1) is 24.6. The number of rotatable bonds is 8. The summed E-state index contributed by atoms with van der Waals surface area (Å²) >= 11 is 0. The van der Waals surface area contributed by atoms with Gasteiger partial charge < -0.3 is 24.9 Å². The number of hydrogen-bond donors (Lipinski definition) is 2. The number of fused-ring (bicyclic) bond motifs is 1. The summed E-state index contributed by atoms with van der Waals surface area (Å²) in [5.41, 5.74) is 11.1. The summed E-state index contributed by atoms with van der Waals surface area (Å²) in [5.74, 6) is 0.510. The lowest BCUT2D eigenvalue weighted by Crippen LogP contribution is -2.13. The van der Waals surface area contributed by atoms with Gasteiger partial charge in [-0.25, -0.2) is 0 Å². The van der Waals surface area contributed by atoms with Crippen LogP contribution in [-0.4, -0.2) is 25.5 Å². The van der Waals surface area contributed by atoms with E-state index in [1.165, 1.54) is 12.1 Å². The first-order chi connectivity index (χ1) is 17.3. The van der Waals surface area contributed by atoms with Crippen LogP contribution in [0.25, 0.3) is 27.7 Å². The van der Waals surface area contributed by atoms with Crippen LogP contribution in [0.4, 0.5) is 5.69 Å². The van der Waals surface area contributed by atoms with E-state index in [0.29, 0.717) is 29.2 Å². The molecule has 0 spiro atoms. The van der Waals surface area contributed by atoms with Gasteiger partial charge in [0.15, 0.2) is 0 Å². The fourth-order valence-electron chi connectivity index (χ4n) is 4.16. The van der Waals surface area contributed by atoms with Crippen LogP contribution in [0.1, 0.15) is 35.3 Å². The molecule has 0 unspecified atom stereocenters. The number of primary amides is 1. The van der Waals surface area contributed by atoms with Gasteiger partial charge in [0, 0.05) is 39.4 Å². The zero-order chi connectivity index (χ0) is 25.8. The zero-order valence-corrected chi connectivity index (χ0v) is 20.7. The second kappa shape index (κ2) is 10.4. The van der Waals surface area contributed by atoms with Gasteiger partial charge in [0.25, 0.3) is 0 Å². The molecule has 4 aromatic rings. The smallest absolute Gasteiger partial charge is 0.248 e. The molecule has 4 rings (SSSR count). The molecule has 0 aliphatic heterocycles. The number of amides is 2. The van der Waals surface area contributed by atoms with Gasteiger partial charge in [0.05, 0.1) is 20.0 Å². The Bertz CT molecular complexity index is 1480. The van der Waals surface area contributed by atoms with Gasteiger partial charge >= 0.3 is 0 Å². The highest BCUT2D eigenvalue weighted by atomic mass is 16.5. The molecule has 0 aliphatic rings. The summed E-state index contributed by atoms with van der Waals surface area (Å²) in [5, 5.41) is 3.69. The van der Waals surface area contributed by atoms with E-state index in [1.807, 2.05) is 51.1 Å². The lowest BCUT2D eigenvalue weighted by molar-refractivity contribution is -0.111. The van der Waals surface area contributed by atoms with E-state index in [2.05, 4.69) is 5.32 Å². The molecule has 0 atom stereocenters. The van der Waals surface area contributed by atoms with Crippen molar-refractivity contribution in [3.63, 3.8) is 0 Å². The molecule has 3 aromatic carbocycles. The SMILES string of the molecule is CCOc1c(/C(C)=C/C(=O)Nc2cccc(C(N)=O)c2)cc2c(-c3cccc(OC)c3)coc2c1C. The maximum Gasteiger partial charge on any atom is 0.248 e. The zero-order valence-electron chi connectivity index (χ0n) is 20.7. The predicted molar refractivity (Wildman–Crippen MR) is 141 cm³/mol. The molecule has 3 N–H and O–H groups in total. The number of benzene rings is 3. The van der Waals surface area contributed by atoms with Crippen molar-refractivity contribution >= 4 is 34.0 Å². The van der Waals surface area contributed by atoms with Crippen molar-refractivity contribution < 1.29 is 23.5 Å². The third kappa shape index (κ3) is 4.95. The number of nitrogens with one attached hydrogen (secondary N) is 1. The summed E-state index contributed by atoms with van der Waals surface area (Å²) in [6.07, 6.45) is 3.23. The van der Waals surface area contributed by atoms with Gasteiger partial charge in [-0.05, 0) is 68.3 Å². The molecule has 0 saturated carbocycles. The lowest BCUT2D eigenvalue weighted by Gasteiger charge is -2.15. The van der Waals surface area contributed by atoms with Gasteiger partial charge in [-0.15, -0.1) is 0 Å². The number of anilines is 1. The number of nitrogens with two attached hydrogens (primary N) is 1. The maximum absolute atomic E-state index is 12.8. The van der Waals surface area contributed by atoms with Gasteiger partial charge in [-0.1, -0.05) is 18.2 Å². The molecule has 0 radical (unpaired) electrons. The molecular weight excluding hydrogens is 456 g/mol. The molecule has 0 bridgehead atoms. The van der Waals surface area contributed by atoms with E-state index in [1.54, 1.807) is 31.6 Å². The van der Waals surface area contributed by atoms with Crippen LogP contribution in [0.2, 0.25) is 0 Å². The highest BCUT2D eigenvalue weighted by Crippen LogP contribution is 2.41. The highest BCUT2D eigenvalue weighted by Gasteiger charge is 2.19. The number of carbonyl (C=O) groups is 2. The molecule has 1 aromatic heterocycles. The Morgan fingerprint density at radius 1 is 1.11 bits per heavy atom. The number of ether oxygens (including phenoxy) is 2. The fourth-order valence-corrected chi connectivity index (χ4v) is 4.16. The fraction of sp³-hybridized carbons (Fsp3) is 0.172. The standard InChI is InChI=1S/C29H28N2O5/c1-5-35-27-18(3)28-24(25(16-36-28)19-8-7-11-22(14-19)34-4)15-23(27)17(2)12-26(32)31-21-10-6-9-20(13-21)29(30)33/h6-16H,5H2,1-4H3,(H2,30,33)(H,31,32)/b17-12+. The third-order valence-corrected chi connectivity index (χ3v) is 5.90. The van der Waals surface area contributed by atoms with Crippen LogP contribution in [-0.2, 0) is 4.79 Å². The summed E-state index contributed by atoms with van der Waals surface area (Å²) in [7, 11) is 1.63. The minimum Gasteiger partial charge on any atom is -0.497 e. The van der Waals surface area contributed by atoms with Gasteiger partial charge in [-0.3, -0.25) is 9.59 Å². The van der Waals surface area contributed by atoms with Crippen LogP contribution in [0.5, 0.6) is 11.5 Å². The van der Waals surface area contributed by atoms with Crippen molar-refractivity contribution in [3.05, 3.63) is 83.6 Å². The van der Waals surface area contributed by atoms with Crippen LogP contribution >= 0.6 is 0 Å². The molecule has 7 nitrogen and oxygen atoms in total. The number of carbonyl (C=O) groups excluding carboxylic acids is 2. The van der Waals surface area contributed by atoms with Gasteiger partial charge in [-0.2, -0.15) is 0 Å². The Kier molecular flexibility index (Phi) is 7.10. The molecule has 0 saturated heterocycles. The summed E-state index contributed by atoms with van der Waals surface area (Å²) in [6, 6.07) is 16.2. The number of furan rings is 1. The quantitative estimate of drug-likeness (QED) is 0.301. The number of aryl methyl sites for hydroxylation is 1. The lowest BCUT2D eigenvalue weighted by atomic mass is 9.96. The van der Waals surface area contributed by atoms with Crippen LogP contribution < -0.4 is 20.5 Å². The Morgan fingerprint density at radius 3 is 2.61 bits per heavy atom. The Labute approximate surface area is 209 Å². The number of hydrogen-bond acceptors (Lipinski definition) is 5. The van der Waals surface area contributed by atoms with Crippen molar-refractivity contribution in [2.24, 2.45) is 5.73 Å². The normalized spacial score (nSPS) is 11.4. The summed E-state index contributed by atoms with van der Waals surface area (Å²) < 4.78 is 17.3. The summed E-state index contributed by atoms with van der Waals surface area (Å²) in [6.45, 7) is 6.17. The first-order valence-corrected chi connectivity index (χ1v) is 11.5. The molecule has 7 heteroatoms. The molecule has 0 aliphatic carbocycles. The van der Waals surface area contributed by atoms with Crippen LogP contribution in [0, 0.1) is 6.92 Å². The van der Waals surface area contributed by atoms with E-state index in [0.717, 1.165) is 39.0 Å². The molecule has 2 amide bonds. The molecule has 36 heavy (non-hydrogen) atoms. The number of methoxy groups -OCH3 is 1. The van der Waals surface area contributed by atoms with Gasteiger partial charge in [0.2, 0.25) is 11.8 Å². The van der Waals surface area contributed by atoms with Crippen LogP contribution in [0.3, 0.4) is 0 Å². The molecular formula is C29H28N2O5. The largest absolute Gasteiger partial charge is 0.497 e.